The van der Waals surface area contributed by atoms with E-state index < -0.39 is 0 Å². The minimum absolute atomic E-state index is 0.0180. The second kappa shape index (κ2) is 5.00. The van der Waals surface area contributed by atoms with Gasteiger partial charge in [-0.15, -0.1) is 11.3 Å². The zero-order valence-corrected chi connectivity index (χ0v) is 12.2. The summed E-state index contributed by atoms with van der Waals surface area (Å²) >= 11 is 1.79. The number of aromatic amines is 1. The summed E-state index contributed by atoms with van der Waals surface area (Å²) in [6, 6.07) is 7.91. The van der Waals surface area contributed by atoms with Gasteiger partial charge in [-0.25, -0.2) is 0 Å². The van der Waals surface area contributed by atoms with Gasteiger partial charge in [-0.1, -0.05) is 6.07 Å². The Hall–Kier alpha value is -2.14. The molecule has 1 aromatic carbocycles. The zero-order valence-electron chi connectivity index (χ0n) is 11.4. The van der Waals surface area contributed by atoms with Crippen LogP contribution in [0.3, 0.4) is 0 Å². The number of aromatic nitrogens is 2. The monoisotopic (exact) mass is 297 g/mol. The number of carbonyl (C=O) groups excluding carboxylic acids is 1. The van der Waals surface area contributed by atoms with E-state index in [0.717, 1.165) is 30.2 Å². The van der Waals surface area contributed by atoms with E-state index in [4.69, 9.17) is 0 Å². The molecular formula is C16H15N3OS. The van der Waals surface area contributed by atoms with E-state index >= 15 is 0 Å². The lowest BCUT2D eigenvalue weighted by atomic mass is 9.94. The molecule has 0 saturated heterocycles. The van der Waals surface area contributed by atoms with Crippen LogP contribution in [0.2, 0.25) is 0 Å². The number of nitrogens with zero attached hydrogens (tertiary/aromatic N) is 1. The lowest BCUT2D eigenvalue weighted by molar-refractivity contribution is 0.0933. The Morgan fingerprint density at radius 3 is 3.29 bits per heavy atom. The van der Waals surface area contributed by atoms with Gasteiger partial charge in [-0.05, 0) is 48.4 Å². The maximum absolute atomic E-state index is 12.5. The molecule has 21 heavy (non-hydrogen) atoms. The van der Waals surface area contributed by atoms with Crippen LogP contribution in [0.1, 0.15) is 39.7 Å². The van der Waals surface area contributed by atoms with Gasteiger partial charge >= 0.3 is 0 Å². The Kier molecular flexibility index (Phi) is 3.00. The quantitative estimate of drug-likeness (QED) is 0.761. The van der Waals surface area contributed by atoms with Crippen LogP contribution in [-0.2, 0) is 6.42 Å². The summed E-state index contributed by atoms with van der Waals surface area (Å²) in [6.07, 6.45) is 5.05. The highest BCUT2D eigenvalue weighted by molar-refractivity contribution is 7.10. The number of aryl methyl sites for hydroxylation is 1. The Morgan fingerprint density at radius 1 is 1.38 bits per heavy atom. The van der Waals surface area contributed by atoms with Crippen molar-refractivity contribution in [3.05, 3.63) is 51.8 Å². The van der Waals surface area contributed by atoms with Gasteiger partial charge in [0.1, 0.15) is 0 Å². The summed E-state index contributed by atoms with van der Waals surface area (Å²) in [4.78, 5) is 13.9. The molecular weight excluding hydrogens is 282 g/mol. The molecule has 1 amide bonds. The number of rotatable bonds is 2. The molecule has 0 fully saturated rings. The lowest BCUT2D eigenvalue weighted by Crippen LogP contribution is -2.30. The molecule has 1 unspecified atom stereocenters. The van der Waals surface area contributed by atoms with Gasteiger partial charge in [0, 0.05) is 15.8 Å². The molecule has 5 heteroatoms. The van der Waals surface area contributed by atoms with E-state index in [1.54, 1.807) is 17.5 Å². The molecule has 0 bridgehead atoms. The highest BCUT2D eigenvalue weighted by atomic mass is 32.1. The number of benzene rings is 1. The van der Waals surface area contributed by atoms with Crippen LogP contribution < -0.4 is 5.32 Å². The average molecular weight is 297 g/mol. The first-order chi connectivity index (χ1) is 10.3. The fourth-order valence-corrected chi connectivity index (χ4v) is 3.94. The largest absolute Gasteiger partial charge is 0.345 e. The van der Waals surface area contributed by atoms with Crippen molar-refractivity contribution in [3.63, 3.8) is 0 Å². The number of amides is 1. The lowest BCUT2D eigenvalue weighted by Gasteiger charge is -2.23. The molecule has 1 atom stereocenters. The molecule has 2 N–H and O–H groups in total. The van der Waals surface area contributed by atoms with Crippen molar-refractivity contribution in [1.82, 2.24) is 15.5 Å². The van der Waals surface area contributed by atoms with Crippen LogP contribution in [0.15, 0.2) is 35.8 Å². The molecule has 0 spiro atoms. The van der Waals surface area contributed by atoms with E-state index in [-0.39, 0.29) is 11.9 Å². The minimum Gasteiger partial charge on any atom is -0.345 e. The van der Waals surface area contributed by atoms with Gasteiger partial charge in [0.25, 0.3) is 5.91 Å². The van der Waals surface area contributed by atoms with Crippen molar-refractivity contribution in [2.45, 2.75) is 25.3 Å². The highest BCUT2D eigenvalue weighted by Crippen LogP contribution is 2.33. The minimum atomic E-state index is -0.0180. The molecule has 0 aliphatic heterocycles. The van der Waals surface area contributed by atoms with Crippen molar-refractivity contribution in [1.29, 1.82) is 0 Å². The van der Waals surface area contributed by atoms with Crippen molar-refractivity contribution >= 4 is 28.1 Å². The number of carbonyl (C=O) groups is 1. The van der Waals surface area contributed by atoms with Crippen molar-refractivity contribution in [2.24, 2.45) is 0 Å². The summed E-state index contributed by atoms with van der Waals surface area (Å²) in [5.74, 6) is -0.0180. The molecule has 1 aliphatic rings. The normalized spacial score (nSPS) is 17.6. The van der Waals surface area contributed by atoms with Crippen LogP contribution in [0, 0.1) is 0 Å². The molecule has 4 nitrogen and oxygen atoms in total. The average Bonchev–Trinajstić information content (AvgIpc) is 3.15. The molecule has 0 radical (unpaired) electrons. The summed E-state index contributed by atoms with van der Waals surface area (Å²) in [5, 5.41) is 13.2. The van der Waals surface area contributed by atoms with Gasteiger partial charge in [-0.2, -0.15) is 5.10 Å². The van der Waals surface area contributed by atoms with Gasteiger partial charge in [0.2, 0.25) is 0 Å². The molecule has 106 valence electrons. The number of hydrogen-bond donors (Lipinski definition) is 2. The fraction of sp³-hybridized carbons (Fsp3) is 0.250. The SMILES string of the molecule is O=C(NC1CCCc2sccc21)c1ccc2cn[nH]c2c1. The molecule has 3 aromatic rings. The molecule has 1 aliphatic carbocycles. The number of nitrogens with one attached hydrogen (secondary N) is 2. The van der Waals surface area contributed by atoms with E-state index in [0.29, 0.717) is 5.56 Å². The number of hydrogen-bond acceptors (Lipinski definition) is 3. The van der Waals surface area contributed by atoms with Gasteiger partial charge < -0.3 is 5.32 Å². The maximum atomic E-state index is 12.5. The van der Waals surface area contributed by atoms with Crippen molar-refractivity contribution in [2.75, 3.05) is 0 Å². The van der Waals surface area contributed by atoms with Crippen LogP contribution >= 0.6 is 11.3 Å². The van der Waals surface area contributed by atoms with Gasteiger partial charge in [-0.3, -0.25) is 9.89 Å². The number of fused-ring (bicyclic) bond motifs is 2. The standard InChI is InChI=1S/C16H15N3OS/c20-16(10-4-5-11-9-17-19-14(11)8-10)18-13-2-1-3-15-12(13)6-7-21-15/h4-9,13H,1-3H2,(H,17,19)(H,18,20). The first kappa shape index (κ1) is 12.6. The summed E-state index contributed by atoms with van der Waals surface area (Å²) < 4.78 is 0. The van der Waals surface area contributed by atoms with Crippen LogP contribution in [0.5, 0.6) is 0 Å². The predicted octanol–water partition coefficient (Wildman–Crippen LogP) is 3.43. The third-order valence-electron chi connectivity index (χ3n) is 4.06. The van der Waals surface area contributed by atoms with Gasteiger partial charge in [0.05, 0.1) is 17.8 Å². The van der Waals surface area contributed by atoms with E-state index in [1.165, 1.54) is 10.4 Å². The summed E-state index contributed by atoms with van der Waals surface area (Å²) in [7, 11) is 0. The first-order valence-electron chi connectivity index (χ1n) is 7.11. The maximum Gasteiger partial charge on any atom is 0.251 e. The third-order valence-corrected chi connectivity index (χ3v) is 5.06. The van der Waals surface area contributed by atoms with E-state index in [9.17, 15) is 4.79 Å². The zero-order chi connectivity index (χ0) is 14.2. The van der Waals surface area contributed by atoms with Crippen LogP contribution in [-0.4, -0.2) is 16.1 Å². The fourth-order valence-electron chi connectivity index (χ4n) is 2.96. The number of thiophene rings is 1. The second-order valence-electron chi connectivity index (χ2n) is 5.39. The van der Waals surface area contributed by atoms with Crippen molar-refractivity contribution in [3.8, 4) is 0 Å². The molecule has 0 saturated carbocycles. The Morgan fingerprint density at radius 2 is 2.33 bits per heavy atom. The second-order valence-corrected chi connectivity index (χ2v) is 6.39. The van der Waals surface area contributed by atoms with Crippen LogP contribution in [0.4, 0.5) is 0 Å². The first-order valence-corrected chi connectivity index (χ1v) is 7.99. The Bertz CT molecular complexity index is 805. The summed E-state index contributed by atoms with van der Waals surface area (Å²) in [6.45, 7) is 0. The predicted molar refractivity (Wildman–Crippen MR) is 83.6 cm³/mol. The highest BCUT2D eigenvalue weighted by Gasteiger charge is 2.23. The van der Waals surface area contributed by atoms with Gasteiger partial charge in [0.15, 0.2) is 0 Å². The molecule has 4 rings (SSSR count). The summed E-state index contributed by atoms with van der Waals surface area (Å²) in [5.41, 5.74) is 2.86. The van der Waals surface area contributed by atoms with Crippen LogP contribution in [0.25, 0.3) is 10.9 Å². The topological polar surface area (TPSA) is 57.8 Å². The Balaban J connectivity index is 1.59. The smallest absolute Gasteiger partial charge is 0.251 e. The van der Waals surface area contributed by atoms with Crippen molar-refractivity contribution < 1.29 is 4.79 Å². The van der Waals surface area contributed by atoms with E-state index in [2.05, 4.69) is 27.0 Å². The Labute approximate surface area is 126 Å². The number of H-pyrrole nitrogens is 1. The molecule has 2 heterocycles. The van der Waals surface area contributed by atoms with E-state index in [1.807, 2.05) is 18.2 Å². The third kappa shape index (κ3) is 2.23. The molecule has 2 aromatic heterocycles.